The molecule has 31 heavy (non-hydrogen) atoms. The highest BCUT2D eigenvalue weighted by Gasteiger charge is 2.35. The lowest BCUT2D eigenvalue weighted by Crippen LogP contribution is -2.34. The monoisotopic (exact) mass is 422 g/mol. The number of fused-ring (bicyclic) bond motifs is 1. The summed E-state index contributed by atoms with van der Waals surface area (Å²) in [6, 6.07) is 12.4. The Morgan fingerprint density at radius 3 is 2.00 bits per heavy atom. The molecule has 0 aliphatic carbocycles. The molecule has 0 saturated heterocycles. The molecule has 1 N–H and O–H groups in total. The number of aryl methyl sites for hydroxylation is 2. The quantitative estimate of drug-likeness (QED) is 0.520. The Balaban J connectivity index is 1.56. The lowest BCUT2D eigenvalue weighted by Gasteiger charge is -2.18. The zero-order valence-electron chi connectivity index (χ0n) is 17.9. The smallest absolute Gasteiger partial charge is 0.308 e. The minimum Gasteiger partial charge on any atom is -0.452 e. The number of rotatable bonds is 8. The van der Waals surface area contributed by atoms with Gasteiger partial charge in [0.15, 0.2) is 6.10 Å². The highest BCUT2D eigenvalue weighted by Crippen LogP contribution is 2.24. The third-order valence-corrected chi connectivity index (χ3v) is 5.34. The lowest BCUT2D eigenvalue weighted by molar-refractivity contribution is -0.153. The van der Waals surface area contributed by atoms with E-state index in [9.17, 15) is 19.2 Å². The summed E-state index contributed by atoms with van der Waals surface area (Å²) in [6.07, 6.45) is 0.328. The Kier molecular flexibility index (Phi) is 6.84. The number of carbonyl (C=O) groups excluding carboxylic acids is 4. The summed E-state index contributed by atoms with van der Waals surface area (Å²) >= 11 is 0. The third kappa shape index (κ3) is 4.66. The number of imide groups is 1. The van der Waals surface area contributed by atoms with Crippen molar-refractivity contribution < 1.29 is 23.9 Å². The molecule has 0 fully saturated rings. The van der Waals surface area contributed by atoms with Crippen LogP contribution in [0.3, 0.4) is 0 Å². The van der Waals surface area contributed by atoms with Gasteiger partial charge in [-0.25, -0.2) is 0 Å². The predicted molar refractivity (Wildman–Crippen MR) is 116 cm³/mol. The van der Waals surface area contributed by atoms with Crippen molar-refractivity contribution in [2.75, 3.05) is 11.9 Å². The molecule has 0 aromatic heterocycles. The van der Waals surface area contributed by atoms with Gasteiger partial charge in [-0.1, -0.05) is 44.2 Å². The molecule has 3 rings (SSSR count). The molecule has 3 amide bonds. The first-order valence-electron chi connectivity index (χ1n) is 10.4. The van der Waals surface area contributed by atoms with Crippen LogP contribution in [-0.4, -0.2) is 41.2 Å². The van der Waals surface area contributed by atoms with Gasteiger partial charge in [0, 0.05) is 12.2 Å². The van der Waals surface area contributed by atoms with E-state index in [1.54, 1.807) is 24.3 Å². The second kappa shape index (κ2) is 9.55. The van der Waals surface area contributed by atoms with Crippen LogP contribution in [0, 0.1) is 0 Å². The van der Waals surface area contributed by atoms with E-state index in [1.165, 1.54) is 6.92 Å². The Labute approximate surface area is 181 Å². The van der Waals surface area contributed by atoms with Crippen LogP contribution in [-0.2, 0) is 27.2 Å². The van der Waals surface area contributed by atoms with E-state index in [-0.39, 0.29) is 13.0 Å². The van der Waals surface area contributed by atoms with Gasteiger partial charge in [0.05, 0.1) is 17.5 Å². The molecular formula is C24H26N2O5. The van der Waals surface area contributed by atoms with Crippen molar-refractivity contribution in [3.8, 4) is 0 Å². The molecule has 0 spiro atoms. The number of amides is 3. The van der Waals surface area contributed by atoms with Crippen molar-refractivity contribution in [3.63, 3.8) is 0 Å². The number of hydrogen-bond donors (Lipinski definition) is 1. The first kappa shape index (κ1) is 22.2. The molecular weight excluding hydrogens is 396 g/mol. The predicted octanol–water partition coefficient (Wildman–Crippen LogP) is 3.37. The molecule has 2 aromatic carbocycles. The second-order valence-corrected chi connectivity index (χ2v) is 7.34. The van der Waals surface area contributed by atoms with E-state index in [0.29, 0.717) is 11.1 Å². The Hall–Kier alpha value is -3.48. The normalized spacial score (nSPS) is 13.7. The van der Waals surface area contributed by atoms with Crippen LogP contribution in [0.4, 0.5) is 5.69 Å². The van der Waals surface area contributed by atoms with Gasteiger partial charge in [0.2, 0.25) is 0 Å². The SMILES string of the molecule is CCc1cccc(CC)c1NC(=O)C(C)OC(=O)CCN1C(=O)c2ccccc2C1=O. The number of nitrogens with zero attached hydrogens (tertiary/aromatic N) is 1. The largest absolute Gasteiger partial charge is 0.452 e. The molecule has 1 aliphatic heterocycles. The van der Waals surface area contributed by atoms with E-state index in [4.69, 9.17) is 4.74 Å². The molecule has 0 radical (unpaired) electrons. The summed E-state index contributed by atoms with van der Waals surface area (Å²) in [5.74, 6) is -1.94. The molecule has 0 bridgehead atoms. The molecule has 2 aromatic rings. The topological polar surface area (TPSA) is 92.8 Å². The number of carbonyl (C=O) groups is 4. The second-order valence-electron chi connectivity index (χ2n) is 7.34. The number of para-hydroxylation sites is 1. The summed E-state index contributed by atoms with van der Waals surface area (Å²) in [7, 11) is 0. The zero-order chi connectivity index (χ0) is 22.5. The van der Waals surface area contributed by atoms with Crippen LogP contribution in [0.25, 0.3) is 0 Å². The number of ether oxygens (including phenoxy) is 1. The van der Waals surface area contributed by atoms with Gasteiger partial charge >= 0.3 is 5.97 Å². The number of nitrogens with one attached hydrogen (secondary N) is 1. The third-order valence-electron chi connectivity index (χ3n) is 5.34. The maximum Gasteiger partial charge on any atom is 0.308 e. The first-order chi connectivity index (χ1) is 14.9. The standard InChI is InChI=1S/C24H26N2O5/c1-4-16-9-8-10-17(5-2)21(16)25-22(28)15(3)31-20(27)13-14-26-23(29)18-11-6-7-12-19(18)24(26)30/h6-12,15H,4-5,13-14H2,1-3H3,(H,25,28). The van der Waals surface area contributed by atoms with Crippen LogP contribution >= 0.6 is 0 Å². The van der Waals surface area contributed by atoms with Gasteiger partial charge < -0.3 is 10.1 Å². The van der Waals surface area contributed by atoms with Gasteiger partial charge in [-0.15, -0.1) is 0 Å². The van der Waals surface area contributed by atoms with E-state index < -0.39 is 29.8 Å². The van der Waals surface area contributed by atoms with Gasteiger partial charge in [0.1, 0.15) is 0 Å². The van der Waals surface area contributed by atoms with Gasteiger partial charge in [-0.05, 0) is 43.0 Å². The highest BCUT2D eigenvalue weighted by atomic mass is 16.5. The number of anilines is 1. The minimum absolute atomic E-state index is 0.0990. The van der Waals surface area contributed by atoms with Crippen molar-refractivity contribution in [2.45, 2.75) is 46.1 Å². The summed E-state index contributed by atoms with van der Waals surface area (Å²) in [5.41, 5.74) is 3.44. The molecule has 1 unspecified atom stereocenters. The average Bonchev–Trinajstić information content (AvgIpc) is 3.02. The summed E-state index contributed by atoms with van der Waals surface area (Å²) in [5, 5.41) is 2.87. The minimum atomic E-state index is -1.01. The fourth-order valence-electron chi connectivity index (χ4n) is 3.58. The molecule has 1 heterocycles. The first-order valence-corrected chi connectivity index (χ1v) is 10.4. The molecule has 162 valence electrons. The van der Waals surface area contributed by atoms with Crippen molar-refractivity contribution >= 4 is 29.4 Å². The number of esters is 1. The van der Waals surface area contributed by atoms with Crippen molar-refractivity contribution in [3.05, 3.63) is 64.7 Å². The van der Waals surface area contributed by atoms with Gasteiger partial charge in [-0.3, -0.25) is 24.1 Å². The van der Waals surface area contributed by atoms with Crippen LogP contribution in [0.15, 0.2) is 42.5 Å². The molecule has 0 saturated carbocycles. The average molecular weight is 422 g/mol. The van der Waals surface area contributed by atoms with Crippen LogP contribution < -0.4 is 5.32 Å². The summed E-state index contributed by atoms with van der Waals surface area (Å²) in [4.78, 5) is 50.6. The van der Waals surface area contributed by atoms with Gasteiger partial charge in [-0.2, -0.15) is 0 Å². The molecule has 7 heteroatoms. The van der Waals surface area contributed by atoms with E-state index in [0.717, 1.165) is 34.6 Å². The van der Waals surface area contributed by atoms with Crippen molar-refractivity contribution in [1.82, 2.24) is 4.90 Å². The maximum atomic E-state index is 12.6. The Morgan fingerprint density at radius 2 is 1.48 bits per heavy atom. The molecule has 1 atom stereocenters. The Morgan fingerprint density at radius 1 is 0.935 bits per heavy atom. The summed E-state index contributed by atoms with van der Waals surface area (Å²) in [6.45, 7) is 5.41. The fraction of sp³-hybridized carbons (Fsp3) is 0.333. The summed E-state index contributed by atoms with van der Waals surface area (Å²) < 4.78 is 5.24. The molecule has 1 aliphatic rings. The Bertz CT molecular complexity index is 973. The highest BCUT2D eigenvalue weighted by molar-refractivity contribution is 6.21. The van der Waals surface area contributed by atoms with Crippen LogP contribution in [0.1, 0.15) is 59.0 Å². The number of benzene rings is 2. The van der Waals surface area contributed by atoms with Crippen LogP contribution in [0.5, 0.6) is 0 Å². The van der Waals surface area contributed by atoms with Crippen molar-refractivity contribution in [1.29, 1.82) is 0 Å². The maximum absolute atomic E-state index is 12.6. The van der Waals surface area contributed by atoms with E-state index >= 15 is 0 Å². The fourth-order valence-corrected chi connectivity index (χ4v) is 3.58. The zero-order valence-corrected chi connectivity index (χ0v) is 17.9. The van der Waals surface area contributed by atoms with Gasteiger partial charge in [0.25, 0.3) is 17.7 Å². The van der Waals surface area contributed by atoms with E-state index in [2.05, 4.69) is 5.32 Å². The number of hydrogen-bond acceptors (Lipinski definition) is 5. The van der Waals surface area contributed by atoms with Crippen molar-refractivity contribution in [2.24, 2.45) is 0 Å². The lowest BCUT2D eigenvalue weighted by atomic mass is 10.0. The van der Waals surface area contributed by atoms with E-state index in [1.807, 2.05) is 32.0 Å². The molecule has 7 nitrogen and oxygen atoms in total. The van der Waals surface area contributed by atoms with Crippen LogP contribution in [0.2, 0.25) is 0 Å².